The molecular weight excluding hydrogens is 220 g/mol. The molecule has 3 nitrogen and oxygen atoms in total. The van der Waals surface area contributed by atoms with Crippen LogP contribution in [0.1, 0.15) is 29.0 Å². The van der Waals surface area contributed by atoms with Crippen molar-refractivity contribution in [3.05, 3.63) is 21.9 Å². The van der Waals surface area contributed by atoms with E-state index in [1.54, 1.807) is 0 Å². The zero-order valence-corrected chi connectivity index (χ0v) is 9.96. The number of nitrogens with one attached hydrogen (secondary N) is 1. The number of thiophene rings is 1. The largest absolute Gasteiger partial charge is 0.393 e. The molecule has 1 saturated carbocycles. The molecule has 0 saturated heterocycles. The lowest BCUT2D eigenvalue weighted by Crippen LogP contribution is -2.27. The van der Waals surface area contributed by atoms with Gasteiger partial charge in [-0.3, -0.25) is 0 Å². The molecule has 2 unspecified atom stereocenters. The van der Waals surface area contributed by atoms with Crippen LogP contribution in [-0.2, 0) is 6.54 Å². The highest BCUT2D eigenvalue weighted by molar-refractivity contribution is 7.12. The van der Waals surface area contributed by atoms with Gasteiger partial charge in [-0.25, -0.2) is 0 Å². The number of hydrogen-bond donors (Lipinski definition) is 2. The van der Waals surface area contributed by atoms with Gasteiger partial charge in [0.1, 0.15) is 10.9 Å². The quantitative estimate of drug-likeness (QED) is 0.839. The van der Waals surface area contributed by atoms with Gasteiger partial charge in [0.15, 0.2) is 0 Å². The Kier molecular flexibility index (Phi) is 3.94. The standard InChI is InChI=1S/C12H16N2OS/c13-6-10-4-5-11(16-10)8-14-7-9-2-1-3-12(9)15/h4-5,9,12,14-15H,1-3,7-8H2. The number of nitriles is 1. The van der Waals surface area contributed by atoms with Gasteiger partial charge >= 0.3 is 0 Å². The van der Waals surface area contributed by atoms with E-state index in [2.05, 4.69) is 11.4 Å². The van der Waals surface area contributed by atoms with E-state index < -0.39 is 0 Å². The second kappa shape index (κ2) is 5.44. The van der Waals surface area contributed by atoms with Gasteiger partial charge in [-0.05, 0) is 30.9 Å². The summed E-state index contributed by atoms with van der Waals surface area (Å²) in [4.78, 5) is 1.95. The Bertz CT molecular complexity index is 383. The van der Waals surface area contributed by atoms with Gasteiger partial charge in [-0.2, -0.15) is 5.26 Å². The molecule has 86 valence electrons. The Morgan fingerprint density at radius 1 is 1.50 bits per heavy atom. The first kappa shape index (κ1) is 11.6. The van der Waals surface area contributed by atoms with Crippen LogP contribution in [0.5, 0.6) is 0 Å². The number of aliphatic hydroxyl groups is 1. The molecule has 2 N–H and O–H groups in total. The Morgan fingerprint density at radius 2 is 2.38 bits per heavy atom. The molecule has 4 heteroatoms. The fraction of sp³-hybridized carbons (Fsp3) is 0.583. The summed E-state index contributed by atoms with van der Waals surface area (Å²) in [7, 11) is 0. The number of rotatable bonds is 4. The van der Waals surface area contributed by atoms with Crippen LogP contribution < -0.4 is 5.32 Å². The van der Waals surface area contributed by atoms with Crippen molar-refractivity contribution in [2.75, 3.05) is 6.54 Å². The lowest BCUT2D eigenvalue weighted by atomic mass is 10.1. The molecule has 0 aliphatic heterocycles. The third-order valence-electron chi connectivity index (χ3n) is 3.10. The summed E-state index contributed by atoms with van der Waals surface area (Å²) in [5.41, 5.74) is 0. The van der Waals surface area contributed by atoms with Crippen LogP contribution in [0.4, 0.5) is 0 Å². The van der Waals surface area contributed by atoms with Crippen LogP contribution in [0, 0.1) is 17.2 Å². The second-order valence-electron chi connectivity index (χ2n) is 4.27. The van der Waals surface area contributed by atoms with Crippen molar-refractivity contribution in [2.24, 2.45) is 5.92 Å². The van der Waals surface area contributed by atoms with E-state index in [4.69, 9.17) is 5.26 Å². The van der Waals surface area contributed by atoms with E-state index in [0.717, 1.165) is 37.2 Å². The zero-order valence-electron chi connectivity index (χ0n) is 9.15. The van der Waals surface area contributed by atoms with Gasteiger partial charge in [0.25, 0.3) is 0 Å². The smallest absolute Gasteiger partial charge is 0.110 e. The topological polar surface area (TPSA) is 56.0 Å². The molecule has 0 amide bonds. The maximum atomic E-state index is 9.65. The van der Waals surface area contributed by atoms with E-state index in [9.17, 15) is 5.11 Å². The van der Waals surface area contributed by atoms with E-state index >= 15 is 0 Å². The minimum absolute atomic E-state index is 0.120. The average Bonchev–Trinajstić information content (AvgIpc) is 2.89. The number of hydrogen-bond acceptors (Lipinski definition) is 4. The predicted octanol–water partition coefficient (Wildman–Crippen LogP) is 1.87. The monoisotopic (exact) mass is 236 g/mol. The van der Waals surface area contributed by atoms with Crippen molar-refractivity contribution in [3.8, 4) is 6.07 Å². The molecule has 1 aromatic heterocycles. The van der Waals surface area contributed by atoms with Crippen molar-refractivity contribution < 1.29 is 5.11 Å². The third-order valence-corrected chi connectivity index (χ3v) is 4.09. The Balaban J connectivity index is 1.73. The molecule has 16 heavy (non-hydrogen) atoms. The predicted molar refractivity (Wildman–Crippen MR) is 64.1 cm³/mol. The number of nitrogens with zero attached hydrogens (tertiary/aromatic N) is 1. The molecular formula is C12H16N2OS. The summed E-state index contributed by atoms with van der Waals surface area (Å²) >= 11 is 1.53. The first-order valence-electron chi connectivity index (χ1n) is 5.67. The van der Waals surface area contributed by atoms with Gasteiger partial charge in [0, 0.05) is 18.0 Å². The molecule has 1 aliphatic carbocycles. The molecule has 1 aliphatic rings. The van der Waals surface area contributed by atoms with Gasteiger partial charge < -0.3 is 10.4 Å². The molecule has 1 heterocycles. The summed E-state index contributed by atoms with van der Waals surface area (Å²) < 4.78 is 0. The fourth-order valence-corrected chi connectivity index (χ4v) is 2.94. The van der Waals surface area contributed by atoms with Crippen LogP contribution in [0.2, 0.25) is 0 Å². The molecule has 2 atom stereocenters. The van der Waals surface area contributed by atoms with Crippen LogP contribution in [0.3, 0.4) is 0 Å². The van der Waals surface area contributed by atoms with E-state index in [1.165, 1.54) is 16.2 Å². The molecule has 0 aromatic carbocycles. The van der Waals surface area contributed by atoms with Gasteiger partial charge in [0.05, 0.1) is 6.10 Å². The first-order chi connectivity index (χ1) is 7.79. The molecule has 0 bridgehead atoms. The Morgan fingerprint density at radius 3 is 3.00 bits per heavy atom. The first-order valence-corrected chi connectivity index (χ1v) is 6.49. The SMILES string of the molecule is N#Cc1ccc(CNCC2CCCC2O)s1. The van der Waals surface area contributed by atoms with Crippen LogP contribution in [0.15, 0.2) is 12.1 Å². The summed E-state index contributed by atoms with van der Waals surface area (Å²) in [6.45, 7) is 1.68. The maximum absolute atomic E-state index is 9.65. The van der Waals surface area contributed by atoms with Gasteiger partial charge in [-0.15, -0.1) is 11.3 Å². The average molecular weight is 236 g/mol. The number of aliphatic hydroxyl groups excluding tert-OH is 1. The van der Waals surface area contributed by atoms with Crippen molar-refractivity contribution >= 4 is 11.3 Å². The van der Waals surface area contributed by atoms with Crippen molar-refractivity contribution in [1.29, 1.82) is 5.26 Å². The summed E-state index contributed by atoms with van der Waals surface area (Å²) in [6, 6.07) is 5.98. The zero-order chi connectivity index (χ0) is 11.4. The summed E-state index contributed by atoms with van der Waals surface area (Å²) in [6.07, 6.45) is 3.10. The second-order valence-corrected chi connectivity index (χ2v) is 5.44. The Labute approximate surface area is 99.7 Å². The van der Waals surface area contributed by atoms with Crippen molar-refractivity contribution in [3.63, 3.8) is 0 Å². The molecule has 1 fully saturated rings. The highest BCUT2D eigenvalue weighted by Gasteiger charge is 2.24. The van der Waals surface area contributed by atoms with E-state index in [1.807, 2.05) is 12.1 Å². The summed E-state index contributed by atoms with van der Waals surface area (Å²) in [5.74, 6) is 0.412. The van der Waals surface area contributed by atoms with E-state index in [-0.39, 0.29) is 6.10 Å². The van der Waals surface area contributed by atoms with Crippen LogP contribution in [0.25, 0.3) is 0 Å². The summed E-state index contributed by atoms with van der Waals surface area (Å²) in [5, 5.41) is 21.7. The minimum Gasteiger partial charge on any atom is -0.393 e. The van der Waals surface area contributed by atoms with E-state index in [0.29, 0.717) is 5.92 Å². The highest BCUT2D eigenvalue weighted by Crippen LogP contribution is 2.24. The third kappa shape index (κ3) is 2.82. The van der Waals surface area contributed by atoms with Crippen molar-refractivity contribution in [1.82, 2.24) is 5.32 Å². The van der Waals surface area contributed by atoms with Crippen LogP contribution in [-0.4, -0.2) is 17.8 Å². The molecule has 2 rings (SSSR count). The molecule has 0 spiro atoms. The molecule has 1 aromatic rings. The van der Waals surface area contributed by atoms with Crippen molar-refractivity contribution in [2.45, 2.75) is 31.9 Å². The lowest BCUT2D eigenvalue weighted by molar-refractivity contribution is 0.131. The van der Waals surface area contributed by atoms with Crippen LogP contribution >= 0.6 is 11.3 Å². The molecule has 0 radical (unpaired) electrons. The maximum Gasteiger partial charge on any atom is 0.110 e. The van der Waals surface area contributed by atoms with Gasteiger partial charge in [0.2, 0.25) is 0 Å². The Hall–Kier alpha value is -0.890. The minimum atomic E-state index is -0.120. The lowest BCUT2D eigenvalue weighted by Gasteiger charge is -2.14. The van der Waals surface area contributed by atoms with Gasteiger partial charge in [-0.1, -0.05) is 6.42 Å². The highest BCUT2D eigenvalue weighted by atomic mass is 32.1. The normalized spacial score (nSPS) is 24.5. The fourth-order valence-electron chi connectivity index (χ4n) is 2.17.